The van der Waals surface area contributed by atoms with Crippen molar-refractivity contribution in [1.82, 2.24) is 15.5 Å². The van der Waals surface area contributed by atoms with Crippen LogP contribution >= 0.6 is 0 Å². The molecule has 0 aliphatic carbocycles. The predicted octanol–water partition coefficient (Wildman–Crippen LogP) is -0.292. The molecule has 0 bridgehead atoms. The summed E-state index contributed by atoms with van der Waals surface area (Å²) in [6.07, 6.45) is 0. The molecule has 24 heavy (non-hydrogen) atoms. The monoisotopic (exact) mass is 352 g/mol. The van der Waals surface area contributed by atoms with Gasteiger partial charge in [0.05, 0.1) is 6.54 Å². The number of carbonyl (C=O) groups excluding carboxylic acids is 2. The number of nitrogens with one attached hydrogen (secondary N) is 2. The van der Waals surface area contributed by atoms with E-state index in [-0.39, 0.29) is 23.2 Å². The predicted molar refractivity (Wildman–Crippen MR) is 89.1 cm³/mol. The summed E-state index contributed by atoms with van der Waals surface area (Å²) in [5.74, 6) is -0.466. The normalized spacial score (nSPS) is 15.9. The van der Waals surface area contributed by atoms with Gasteiger partial charge in [0, 0.05) is 19.2 Å². The Labute approximate surface area is 141 Å². The van der Waals surface area contributed by atoms with Crippen molar-refractivity contribution in [3.8, 4) is 0 Å². The lowest BCUT2D eigenvalue weighted by Crippen LogP contribution is -2.48. The number of amides is 2. The zero-order valence-electron chi connectivity index (χ0n) is 13.7. The van der Waals surface area contributed by atoms with Gasteiger partial charge < -0.3 is 15.5 Å². The second-order valence-corrected chi connectivity index (χ2v) is 7.00. The molecule has 9 heteroatoms. The van der Waals surface area contributed by atoms with Crippen LogP contribution in [0.4, 0.5) is 0 Å². The highest BCUT2D eigenvalue weighted by Crippen LogP contribution is 2.26. The van der Waals surface area contributed by atoms with E-state index in [0.29, 0.717) is 12.1 Å². The molecule has 0 radical (unpaired) electrons. The van der Waals surface area contributed by atoms with Gasteiger partial charge in [0.25, 0.3) is 10.0 Å². The molecule has 0 unspecified atom stereocenters. The maximum Gasteiger partial charge on any atom is 0.285 e. The molecule has 2 rings (SSSR count). The molecule has 1 atom stereocenters. The Morgan fingerprint density at radius 1 is 1.29 bits per heavy atom. The number of amidine groups is 1. The summed E-state index contributed by atoms with van der Waals surface area (Å²) in [6, 6.07) is 5.78. The van der Waals surface area contributed by atoms with E-state index in [1.807, 2.05) is 0 Å². The smallest absolute Gasteiger partial charge is 0.285 e. The number of sulfonamides is 1. The fourth-order valence-corrected chi connectivity index (χ4v) is 3.59. The summed E-state index contributed by atoms with van der Waals surface area (Å²) >= 11 is 0. The molecule has 0 saturated heterocycles. The number of rotatable bonds is 5. The topological polar surface area (TPSA) is 108 Å². The van der Waals surface area contributed by atoms with Crippen molar-refractivity contribution in [2.45, 2.75) is 24.8 Å². The van der Waals surface area contributed by atoms with E-state index in [0.717, 1.165) is 0 Å². The van der Waals surface area contributed by atoms with Crippen LogP contribution in [0.2, 0.25) is 0 Å². The first kappa shape index (κ1) is 17.9. The molecule has 1 heterocycles. The molecule has 130 valence electrons. The van der Waals surface area contributed by atoms with E-state index in [1.54, 1.807) is 39.1 Å². The molecule has 8 nitrogen and oxygen atoms in total. The number of benzene rings is 1. The molecule has 1 aromatic carbocycles. The van der Waals surface area contributed by atoms with Crippen molar-refractivity contribution < 1.29 is 18.0 Å². The van der Waals surface area contributed by atoms with Gasteiger partial charge in [0.2, 0.25) is 11.8 Å². The molecule has 1 aliphatic heterocycles. The fourth-order valence-electron chi connectivity index (χ4n) is 2.33. The number of hydrogen-bond donors (Lipinski definition) is 2. The Balaban J connectivity index is 2.07. The van der Waals surface area contributed by atoms with Gasteiger partial charge in [-0.3, -0.25) is 9.59 Å². The summed E-state index contributed by atoms with van der Waals surface area (Å²) < 4.78 is 27.8. The zero-order valence-corrected chi connectivity index (χ0v) is 14.6. The number of carbonyl (C=O) groups is 2. The molecular formula is C15H20N4O4S. The Morgan fingerprint density at radius 3 is 2.62 bits per heavy atom. The average Bonchev–Trinajstić information content (AvgIpc) is 2.79. The molecule has 1 aromatic rings. The molecule has 0 aromatic heterocycles. The molecule has 0 spiro atoms. The summed E-state index contributed by atoms with van der Waals surface area (Å²) in [5.41, 5.74) is 0.463. The molecular weight excluding hydrogens is 332 g/mol. The van der Waals surface area contributed by atoms with Crippen LogP contribution < -0.4 is 10.6 Å². The summed E-state index contributed by atoms with van der Waals surface area (Å²) in [6.45, 7) is 3.73. The van der Waals surface area contributed by atoms with Gasteiger partial charge in [0.15, 0.2) is 5.84 Å². The van der Waals surface area contributed by atoms with E-state index in [1.165, 1.54) is 11.0 Å². The van der Waals surface area contributed by atoms with Gasteiger partial charge in [-0.1, -0.05) is 12.1 Å². The standard InChI is InChI=1S/C15H20N4O4S/c1-4-16-15(21)10(2)17-13(20)9-19(3)14-11-7-5-6-8-12(11)24(22,23)18-14/h5-8,10H,4,9H2,1-3H3,(H,16,21)(H,17,20)/t10-/m0/s1. The van der Waals surface area contributed by atoms with Crippen molar-refractivity contribution in [2.24, 2.45) is 4.40 Å². The quantitative estimate of drug-likeness (QED) is 0.757. The number of hydrogen-bond acceptors (Lipinski definition) is 5. The van der Waals surface area contributed by atoms with Gasteiger partial charge in [-0.25, -0.2) is 0 Å². The Hall–Kier alpha value is -2.42. The summed E-state index contributed by atoms with van der Waals surface area (Å²) in [5, 5.41) is 5.18. The van der Waals surface area contributed by atoms with Crippen molar-refractivity contribution in [3.63, 3.8) is 0 Å². The van der Waals surface area contributed by atoms with Crippen molar-refractivity contribution in [3.05, 3.63) is 29.8 Å². The van der Waals surface area contributed by atoms with Crippen LogP contribution in [0.5, 0.6) is 0 Å². The van der Waals surface area contributed by atoms with Crippen LogP contribution in [0.3, 0.4) is 0 Å². The Morgan fingerprint density at radius 2 is 1.96 bits per heavy atom. The second-order valence-electron chi connectivity index (χ2n) is 5.43. The maximum absolute atomic E-state index is 12.1. The van der Waals surface area contributed by atoms with E-state index in [9.17, 15) is 18.0 Å². The number of nitrogens with zero attached hydrogens (tertiary/aromatic N) is 2. The van der Waals surface area contributed by atoms with Crippen LogP contribution in [0.15, 0.2) is 33.6 Å². The van der Waals surface area contributed by atoms with Crippen LogP contribution in [0, 0.1) is 0 Å². The van der Waals surface area contributed by atoms with Crippen LogP contribution in [0.25, 0.3) is 0 Å². The largest absolute Gasteiger partial charge is 0.355 e. The Bertz CT molecular complexity index is 788. The number of likely N-dealkylation sites (N-methyl/N-ethyl adjacent to an activating group) is 2. The van der Waals surface area contributed by atoms with Crippen molar-refractivity contribution in [1.29, 1.82) is 0 Å². The van der Waals surface area contributed by atoms with E-state index in [4.69, 9.17) is 0 Å². The lowest BCUT2D eigenvalue weighted by molar-refractivity contribution is -0.128. The third kappa shape index (κ3) is 3.73. The SMILES string of the molecule is CCNC(=O)[C@H](C)NC(=O)CN(C)C1=NS(=O)(=O)c2ccccc21. The van der Waals surface area contributed by atoms with Gasteiger partial charge in [0.1, 0.15) is 10.9 Å². The van der Waals surface area contributed by atoms with Gasteiger partial charge in [-0.05, 0) is 26.0 Å². The summed E-state index contributed by atoms with van der Waals surface area (Å²) in [7, 11) is -2.15. The van der Waals surface area contributed by atoms with Gasteiger partial charge in [-0.15, -0.1) is 4.40 Å². The zero-order chi connectivity index (χ0) is 17.9. The lowest BCUT2D eigenvalue weighted by Gasteiger charge is -2.20. The number of fused-ring (bicyclic) bond motifs is 1. The van der Waals surface area contributed by atoms with Gasteiger partial charge >= 0.3 is 0 Å². The maximum atomic E-state index is 12.1. The Kier molecular flexibility index (Phi) is 5.23. The minimum Gasteiger partial charge on any atom is -0.355 e. The lowest BCUT2D eigenvalue weighted by atomic mass is 10.2. The molecule has 2 N–H and O–H groups in total. The fraction of sp³-hybridized carbons (Fsp3) is 0.400. The highest BCUT2D eigenvalue weighted by Gasteiger charge is 2.31. The van der Waals surface area contributed by atoms with Crippen LogP contribution in [0.1, 0.15) is 19.4 Å². The molecule has 0 fully saturated rings. The van der Waals surface area contributed by atoms with Crippen LogP contribution in [-0.2, 0) is 19.6 Å². The minimum atomic E-state index is -3.73. The van der Waals surface area contributed by atoms with E-state index >= 15 is 0 Å². The summed E-state index contributed by atoms with van der Waals surface area (Å²) in [4.78, 5) is 25.3. The van der Waals surface area contributed by atoms with E-state index in [2.05, 4.69) is 15.0 Å². The average molecular weight is 352 g/mol. The van der Waals surface area contributed by atoms with Gasteiger partial charge in [-0.2, -0.15) is 8.42 Å². The van der Waals surface area contributed by atoms with Crippen LogP contribution in [-0.4, -0.2) is 57.1 Å². The first-order valence-electron chi connectivity index (χ1n) is 7.49. The van der Waals surface area contributed by atoms with Crippen molar-refractivity contribution >= 4 is 27.7 Å². The first-order chi connectivity index (χ1) is 11.3. The minimum absolute atomic E-state index is 0.119. The highest BCUT2D eigenvalue weighted by atomic mass is 32.2. The van der Waals surface area contributed by atoms with Crippen molar-refractivity contribution in [2.75, 3.05) is 20.1 Å². The third-order valence-corrected chi connectivity index (χ3v) is 4.80. The first-order valence-corrected chi connectivity index (χ1v) is 8.93. The third-order valence-electron chi connectivity index (χ3n) is 3.48. The highest BCUT2D eigenvalue weighted by molar-refractivity contribution is 7.90. The van der Waals surface area contributed by atoms with E-state index < -0.39 is 22.0 Å². The molecule has 0 saturated carbocycles. The second kappa shape index (κ2) is 7.00. The molecule has 2 amide bonds. The molecule has 1 aliphatic rings.